The molecule has 5 nitrogen and oxygen atoms in total. The zero-order valence-corrected chi connectivity index (χ0v) is 10.7. The summed E-state index contributed by atoms with van der Waals surface area (Å²) in [5, 5.41) is 6.04. The van der Waals surface area contributed by atoms with Crippen LogP contribution in [0.25, 0.3) is 0 Å². The highest BCUT2D eigenvalue weighted by Gasteiger charge is 2.00. The molecule has 0 radical (unpaired) electrons. The maximum Gasteiger partial charge on any atom is 0.316 e. The topological polar surface area (TPSA) is 57.3 Å². The first-order valence-electron chi connectivity index (χ1n) is 5.66. The van der Waals surface area contributed by atoms with E-state index >= 15 is 0 Å². The normalized spacial score (nSPS) is 10.1. The van der Waals surface area contributed by atoms with Crippen molar-refractivity contribution in [2.45, 2.75) is 13.5 Å². The standard InChI is InChI=1S/C12H20N4O/c1-10-6-11(9-14-7-10)8-13-4-5-15-12(17)16(2)3/h6-7,9,13H,4-5,8H2,1-3H3,(H,15,17). The van der Waals surface area contributed by atoms with E-state index in [0.29, 0.717) is 6.54 Å². The van der Waals surface area contributed by atoms with Crippen molar-refractivity contribution in [3.63, 3.8) is 0 Å². The van der Waals surface area contributed by atoms with Crippen LogP contribution >= 0.6 is 0 Å². The predicted molar refractivity (Wildman–Crippen MR) is 67.8 cm³/mol. The van der Waals surface area contributed by atoms with Gasteiger partial charge in [-0.05, 0) is 18.1 Å². The smallest absolute Gasteiger partial charge is 0.316 e. The van der Waals surface area contributed by atoms with E-state index in [4.69, 9.17) is 0 Å². The van der Waals surface area contributed by atoms with Gasteiger partial charge in [0.05, 0.1) is 0 Å². The summed E-state index contributed by atoms with van der Waals surface area (Å²) in [5.74, 6) is 0. The highest BCUT2D eigenvalue weighted by Crippen LogP contribution is 1.99. The van der Waals surface area contributed by atoms with Crippen molar-refractivity contribution in [2.75, 3.05) is 27.2 Å². The van der Waals surface area contributed by atoms with Gasteiger partial charge in [0.2, 0.25) is 0 Å². The molecular weight excluding hydrogens is 216 g/mol. The van der Waals surface area contributed by atoms with Gasteiger partial charge < -0.3 is 15.5 Å². The molecule has 0 aliphatic rings. The molecule has 0 saturated carbocycles. The van der Waals surface area contributed by atoms with Gasteiger partial charge in [0.1, 0.15) is 0 Å². The monoisotopic (exact) mass is 236 g/mol. The zero-order chi connectivity index (χ0) is 12.7. The number of rotatable bonds is 5. The summed E-state index contributed by atoms with van der Waals surface area (Å²) in [6.07, 6.45) is 3.68. The molecule has 0 atom stereocenters. The number of nitrogens with zero attached hydrogens (tertiary/aromatic N) is 2. The van der Waals surface area contributed by atoms with E-state index in [-0.39, 0.29) is 6.03 Å². The van der Waals surface area contributed by atoms with Gasteiger partial charge in [0, 0.05) is 46.1 Å². The van der Waals surface area contributed by atoms with Gasteiger partial charge in [-0.2, -0.15) is 0 Å². The maximum absolute atomic E-state index is 11.2. The molecule has 17 heavy (non-hydrogen) atoms. The van der Waals surface area contributed by atoms with Crippen molar-refractivity contribution in [3.8, 4) is 0 Å². The minimum Gasteiger partial charge on any atom is -0.337 e. The molecule has 1 aromatic heterocycles. The molecule has 1 heterocycles. The van der Waals surface area contributed by atoms with Crippen LogP contribution in [0.15, 0.2) is 18.5 Å². The number of carbonyl (C=O) groups is 1. The minimum absolute atomic E-state index is 0.0657. The molecule has 94 valence electrons. The summed E-state index contributed by atoms with van der Waals surface area (Å²) in [6.45, 7) is 4.16. The van der Waals surface area contributed by atoms with Crippen LogP contribution in [-0.2, 0) is 6.54 Å². The second kappa shape index (κ2) is 6.85. The van der Waals surface area contributed by atoms with Crippen molar-refractivity contribution < 1.29 is 4.79 Å². The lowest BCUT2D eigenvalue weighted by Crippen LogP contribution is -2.38. The molecule has 0 aliphatic carbocycles. The fourth-order valence-corrected chi connectivity index (χ4v) is 1.36. The molecule has 0 aliphatic heterocycles. The molecule has 0 fully saturated rings. The Morgan fingerprint density at radius 3 is 2.76 bits per heavy atom. The van der Waals surface area contributed by atoms with Gasteiger partial charge in [-0.15, -0.1) is 0 Å². The molecule has 0 saturated heterocycles. The van der Waals surface area contributed by atoms with Crippen LogP contribution in [-0.4, -0.2) is 43.1 Å². The first-order chi connectivity index (χ1) is 8.09. The SMILES string of the molecule is Cc1cncc(CNCCNC(=O)N(C)C)c1. The molecule has 0 bridgehead atoms. The average molecular weight is 236 g/mol. The summed E-state index contributed by atoms with van der Waals surface area (Å²) in [6, 6.07) is 2.03. The summed E-state index contributed by atoms with van der Waals surface area (Å²) >= 11 is 0. The lowest BCUT2D eigenvalue weighted by atomic mass is 10.2. The number of urea groups is 1. The number of carbonyl (C=O) groups excluding carboxylic acids is 1. The van der Waals surface area contributed by atoms with Gasteiger partial charge in [-0.25, -0.2) is 4.79 Å². The van der Waals surface area contributed by atoms with Crippen LogP contribution in [0.5, 0.6) is 0 Å². The van der Waals surface area contributed by atoms with Crippen molar-refractivity contribution in [3.05, 3.63) is 29.6 Å². The highest BCUT2D eigenvalue weighted by atomic mass is 16.2. The number of amides is 2. The van der Waals surface area contributed by atoms with E-state index in [1.165, 1.54) is 4.90 Å². The van der Waals surface area contributed by atoms with Crippen molar-refractivity contribution in [1.82, 2.24) is 20.5 Å². The van der Waals surface area contributed by atoms with Gasteiger partial charge in [-0.1, -0.05) is 6.07 Å². The Morgan fingerprint density at radius 1 is 1.35 bits per heavy atom. The van der Waals surface area contributed by atoms with Crippen molar-refractivity contribution >= 4 is 6.03 Å². The van der Waals surface area contributed by atoms with Crippen LogP contribution in [0.3, 0.4) is 0 Å². The van der Waals surface area contributed by atoms with Crippen molar-refractivity contribution in [1.29, 1.82) is 0 Å². The number of nitrogens with one attached hydrogen (secondary N) is 2. The number of hydrogen-bond donors (Lipinski definition) is 2. The third-order valence-corrected chi connectivity index (χ3v) is 2.24. The Bertz CT molecular complexity index is 365. The zero-order valence-electron chi connectivity index (χ0n) is 10.7. The van der Waals surface area contributed by atoms with Gasteiger partial charge >= 0.3 is 6.03 Å². The fourth-order valence-electron chi connectivity index (χ4n) is 1.36. The molecule has 2 amide bonds. The predicted octanol–water partition coefficient (Wildman–Crippen LogP) is 0.751. The van der Waals surface area contributed by atoms with Crippen LogP contribution in [0.2, 0.25) is 0 Å². The molecule has 1 aromatic rings. The quantitative estimate of drug-likeness (QED) is 0.742. The van der Waals surface area contributed by atoms with Crippen LogP contribution in [0.4, 0.5) is 4.79 Å². The number of aryl methyl sites for hydroxylation is 1. The molecule has 5 heteroatoms. The molecule has 2 N–H and O–H groups in total. The Balaban J connectivity index is 2.14. The van der Waals surface area contributed by atoms with E-state index in [2.05, 4.69) is 21.7 Å². The molecule has 1 rings (SSSR count). The Labute approximate surface area is 102 Å². The first-order valence-corrected chi connectivity index (χ1v) is 5.66. The largest absolute Gasteiger partial charge is 0.337 e. The minimum atomic E-state index is -0.0657. The van der Waals surface area contributed by atoms with E-state index in [0.717, 1.165) is 24.2 Å². The average Bonchev–Trinajstić information content (AvgIpc) is 2.28. The fraction of sp³-hybridized carbons (Fsp3) is 0.500. The third kappa shape index (κ3) is 5.31. The summed E-state index contributed by atoms with van der Waals surface area (Å²) < 4.78 is 0. The van der Waals surface area contributed by atoms with E-state index < -0.39 is 0 Å². The first kappa shape index (κ1) is 13.4. The summed E-state index contributed by atoms with van der Waals surface area (Å²) in [5.41, 5.74) is 2.31. The Kier molecular flexibility index (Phi) is 5.42. The number of pyridine rings is 1. The van der Waals surface area contributed by atoms with Crippen LogP contribution in [0.1, 0.15) is 11.1 Å². The Hall–Kier alpha value is -1.62. The number of aromatic nitrogens is 1. The lowest BCUT2D eigenvalue weighted by molar-refractivity contribution is 0.217. The third-order valence-electron chi connectivity index (χ3n) is 2.24. The molecular formula is C12H20N4O. The second-order valence-electron chi connectivity index (χ2n) is 4.17. The lowest BCUT2D eigenvalue weighted by Gasteiger charge is -2.12. The van der Waals surface area contributed by atoms with Crippen LogP contribution in [0, 0.1) is 6.92 Å². The van der Waals surface area contributed by atoms with E-state index in [1.807, 2.05) is 19.3 Å². The van der Waals surface area contributed by atoms with Gasteiger partial charge in [0.25, 0.3) is 0 Å². The summed E-state index contributed by atoms with van der Waals surface area (Å²) in [7, 11) is 3.45. The molecule has 0 unspecified atom stereocenters. The molecule has 0 spiro atoms. The maximum atomic E-state index is 11.2. The second-order valence-corrected chi connectivity index (χ2v) is 4.17. The van der Waals surface area contributed by atoms with E-state index in [1.54, 1.807) is 14.1 Å². The van der Waals surface area contributed by atoms with Gasteiger partial charge in [-0.3, -0.25) is 4.98 Å². The molecule has 0 aromatic carbocycles. The van der Waals surface area contributed by atoms with Gasteiger partial charge in [0.15, 0.2) is 0 Å². The van der Waals surface area contributed by atoms with Crippen molar-refractivity contribution in [2.24, 2.45) is 0 Å². The van der Waals surface area contributed by atoms with Crippen LogP contribution < -0.4 is 10.6 Å². The Morgan fingerprint density at radius 2 is 2.12 bits per heavy atom. The van der Waals surface area contributed by atoms with E-state index in [9.17, 15) is 4.79 Å². The number of hydrogen-bond acceptors (Lipinski definition) is 3. The highest BCUT2D eigenvalue weighted by molar-refractivity contribution is 5.73. The summed E-state index contributed by atoms with van der Waals surface area (Å²) in [4.78, 5) is 16.8.